The van der Waals surface area contributed by atoms with Crippen LogP contribution in [0.4, 0.5) is 9.59 Å². The van der Waals surface area contributed by atoms with Gasteiger partial charge in [0.2, 0.25) is 0 Å². The Balaban J connectivity index is 0.937. The van der Waals surface area contributed by atoms with Gasteiger partial charge in [0, 0.05) is 49.4 Å². The zero-order chi connectivity index (χ0) is 35.9. The zero-order valence-corrected chi connectivity index (χ0v) is 32.1. The molecule has 5 saturated carbocycles. The van der Waals surface area contributed by atoms with Crippen LogP contribution in [0, 0.1) is 56.7 Å². The smallest absolute Gasteiger partial charge is 0.410 e. The number of rotatable bonds is 4. The summed E-state index contributed by atoms with van der Waals surface area (Å²) >= 11 is 0. The van der Waals surface area contributed by atoms with Gasteiger partial charge in [-0.1, -0.05) is 48.5 Å². The van der Waals surface area contributed by atoms with Gasteiger partial charge in [-0.2, -0.15) is 0 Å². The number of hydrogen-bond acceptors (Lipinski definition) is 7. The van der Waals surface area contributed by atoms with Crippen LogP contribution in [0.15, 0.2) is 12.4 Å². The van der Waals surface area contributed by atoms with Gasteiger partial charge in [0.15, 0.2) is 0 Å². The number of aromatic nitrogens is 2. The number of amides is 2. The maximum absolute atomic E-state index is 13.6. The molecule has 8 aliphatic rings. The Morgan fingerprint density at radius 2 is 1.71 bits per heavy atom. The van der Waals surface area contributed by atoms with Gasteiger partial charge < -0.3 is 28.8 Å². The summed E-state index contributed by atoms with van der Waals surface area (Å²) in [5.74, 6) is 2.62. The number of carbonyl (C=O) groups is 2. The average Bonchev–Trinajstić information content (AvgIpc) is 3.40. The van der Waals surface area contributed by atoms with E-state index in [1.54, 1.807) is 4.90 Å². The Labute approximate surface area is 304 Å². The second-order valence-corrected chi connectivity index (χ2v) is 19.8. The highest BCUT2D eigenvalue weighted by Gasteiger charge is 2.84. The van der Waals surface area contributed by atoms with Crippen LogP contribution in [0.5, 0.6) is 0 Å². The molecule has 2 saturated heterocycles. The molecule has 10 heteroatoms. The van der Waals surface area contributed by atoms with E-state index in [2.05, 4.69) is 58.0 Å². The number of carbonyl (C=O) groups excluding carboxylic acids is 2. The van der Waals surface area contributed by atoms with Crippen LogP contribution >= 0.6 is 0 Å². The first kappa shape index (κ1) is 34.4. The van der Waals surface area contributed by atoms with Gasteiger partial charge in [0.25, 0.3) is 0 Å². The van der Waals surface area contributed by atoms with E-state index in [1.165, 1.54) is 12.8 Å². The predicted octanol–water partition coefficient (Wildman–Crippen LogP) is 6.88. The fourth-order valence-corrected chi connectivity index (χ4v) is 14.6. The molecule has 2 amide bonds. The number of ether oxygens (including phenoxy) is 3. The SMILES string of the molecule is CC(C)[C@@H](OC(=O)N1CCC1)C1C[C@@H](C)[C@H]2C(O1)[C@H](O)[C@@]1(C)C3CC[C@H]4C(C)(C)C(OC(=O)N5CCn6ccnc6C5)CC[C@@]45C[C@@]35CC[C@]21C. The first-order chi connectivity index (χ1) is 24.2. The molecule has 282 valence electrons. The van der Waals surface area contributed by atoms with Crippen molar-refractivity contribution in [2.75, 3.05) is 19.6 Å². The molecule has 4 heterocycles. The lowest BCUT2D eigenvalue weighted by molar-refractivity contribution is -0.185. The lowest BCUT2D eigenvalue weighted by atomic mass is 9.41. The quantitative estimate of drug-likeness (QED) is 0.364. The molecule has 0 radical (unpaired) electrons. The number of nitrogens with zero attached hydrogens (tertiary/aromatic N) is 4. The average molecular weight is 707 g/mol. The van der Waals surface area contributed by atoms with E-state index in [4.69, 9.17) is 14.2 Å². The largest absolute Gasteiger partial charge is 0.446 e. The number of fused-ring (bicyclic) bond motifs is 5. The lowest BCUT2D eigenvalue weighted by Crippen LogP contribution is -2.60. The molecule has 1 aromatic heterocycles. The van der Waals surface area contributed by atoms with E-state index >= 15 is 0 Å². The molecule has 1 aromatic rings. The summed E-state index contributed by atoms with van der Waals surface area (Å²) < 4.78 is 21.8. The lowest BCUT2D eigenvalue weighted by Gasteiger charge is -2.63. The summed E-state index contributed by atoms with van der Waals surface area (Å²) in [6.45, 7) is 19.7. The molecule has 2 spiro atoms. The van der Waals surface area contributed by atoms with Gasteiger partial charge in [0.1, 0.15) is 18.0 Å². The highest BCUT2D eigenvalue weighted by atomic mass is 16.6. The maximum atomic E-state index is 13.6. The normalized spacial score (nSPS) is 46.7. The van der Waals surface area contributed by atoms with Crippen LogP contribution in [0.2, 0.25) is 0 Å². The molecular weight excluding hydrogens is 644 g/mol. The molecule has 13 atom stereocenters. The number of aliphatic hydroxyl groups is 1. The molecule has 9 rings (SSSR count). The van der Waals surface area contributed by atoms with Gasteiger partial charge >= 0.3 is 12.2 Å². The van der Waals surface area contributed by atoms with E-state index in [9.17, 15) is 14.7 Å². The van der Waals surface area contributed by atoms with E-state index in [1.807, 2.05) is 17.3 Å². The summed E-state index contributed by atoms with van der Waals surface area (Å²) in [7, 11) is 0. The third-order valence-electron chi connectivity index (χ3n) is 17.4. The molecule has 1 N–H and O–H groups in total. The summed E-state index contributed by atoms with van der Waals surface area (Å²) in [6.07, 6.45) is 11.6. The van der Waals surface area contributed by atoms with Crippen LogP contribution in [-0.4, -0.2) is 86.8 Å². The predicted molar refractivity (Wildman–Crippen MR) is 190 cm³/mol. The van der Waals surface area contributed by atoms with Crippen molar-refractivity contribution in [1.29, 1.82) is 0 Å². The Hall–Kier alpha value is -2.33. The molecule has 51 heavy (non-hydrogen) atoms. The Kier molecular flexibility index (Phi) is 7.66. The second-order valence-electron chi connectivity index (χ2n) is 19.8. The Bertz CT molecular complexity index is 1570. The standard InChI is InChI=1S/C41H62N4O6/c1-24(2)32(51-35(47)44-16-8-17-44)26-21-25(3)31-33(49-26)34(46)39(7)28-10-9-27-37(4,5)29(11-12-40(27)23-41(28,40)14-13-38(31,39)6)50-36(48)45-20-19-43-18-15-42-30(43)22-45/h15,18,24-29,31-34,46H,8-14,16-17,19-23H2,1-7H3/t25-,26?,27+,28?,29?,31+,32-,33?,34+,38-,39-,40-,41+/m1/s1. The summed E-state index contributed by atoms with van der Waals surface area (Å²) in [4.78, 5) is 34.6. The van der Waals surface area contributed by atoms with E-state index in [-0.39, 0.29) is 75.5 Å². The third kappa shape index (κ3) is 4.50. The number of hydrogen-bond donors (Lipinski definition) is 1. The summed E-state index contributed by atoms with van der Waals surface area (Å²) in [6, 6.07) is 0. The monoisotopic (exact) mass is 706 g/mol. The minimum absolute atomic E-state index is 0.0267. The minimum atomic E-state index is -0.557. The van der Waals surface area contributed by atoms with E-state index in [0.717, 1.165) is 70.4 Å². The van der Waals surface area contributed by atoms with Crippen molar-refractivity contribution >= 4 is 12.2 Å². The summed E-state index contributed by atoms with van der Waals surface area (Å²) in [5.41, 5.74) is 0.0720. The Morgan fingerprint density at radius 1 is 0.961 bits per heavy atom. The topological polar surface area (TPSA) is 106 Å². The number of aliphatic hydroxyl groups excluding tert-OH is 1. The minimum Gasteiger partial charge on any atom is -0.446 e. The van der Waals surface area contributed by atoms with Crippen molar-refractivity contribution in [2.45, 2.75) is 150 Å². The summed E-state index contributed by atoms with van der Waals surface area (Å²) in [5, 5.41) is 12.7. The molecule has 0 bridgehead atoms. The van der Waals surface area contributed by atoms with E-state index < -0.39 is 6.10 Å². The third-order valence-corrected chi connectivity index (χ3v) is 17.4. The van der Waals surface area contributed by atoms with E-state index in [0.29, 0.717) is 30.8 Å². The van der Waals surface area contributed by atoms with Crippen molar-refractivity contribution in [1.82, 2.24) is 19.4 Å². The molecule has 4 unspecified atom stereocenters. The van der Waals surface area contributed by atoms with Crippen molar-refractivity contribution in [3.05, 3.63) is 18.2 Å². The second kappa shape index (κ2) is 11.3. The van der Waals surface area contributed by atoms with Crippen molar-refractivity contribution < 1.29 is 28.9 Å². The van der Waals surface area contributed by atoms with Gasteiger partial charge in [0.05, 0.1) is 24.9 Å². The van der Waals surface area contributed by atoms with Gasteiger partial charge in [-0.05, 0) is 104 Å². The molecule has 5 aliphatic carbocycles. The van der Waals surface area contributed by atoms with Crippen LogP contribution in [0.3, 0.4) is 0 Å². The molecule has 10 nitrogen and oxygen atoms in total. The number of likely N-dealkylation sites (tertiary alicyclic amines) is 1. The van der Waals surface area contributed by atoms with Gasteiger partial charge in [-0.25, -0.2) is 14.6 Å². The maximum Gasteiger partial charge on any atom is 0.410 e. The highest BCUT2D eigenvalue weighted by Crippen LogP contribution is 2.89. The van der Waals surface area contributed by atoms with Crippen molar-refractivity contribution in [3.63, 3.8) is 0 Å². The first-order valence-corrected chi connectivity index (χ1v) is 20.4. The van der Waals surface area contributed by atoms with Crippen LogP contribution in [0.25, 0.3) is 0 Å². The molecule has 7 fully saturated rings. The highest BCUT2D eigenvalue weighted by molar-refractivity contribution is 5.69. The first-order valence-electron chi connectivity index (χ1n) is 20.4. The van der Waals surface area contributed by atoms with Crippen LogP contribution in [0.1, 0.15) is 112 Å². The van der Waals surface area contributed by atoms with Gasteiger partial charge in [-0.15, -0.1) is 0 Å². The zero-order valence-electron chi connectivity index (χ0n) is 32.1. The van der Waals surface area contributed by atoms with Crippen molar-refractivity contribution in [3.8, 4) is 0 Å². The molecule has 0 aromatic carbocycles. The molecule has 3 aliphatic heterocycles. The fourth-order valence-electron chi connectivity index (χ4n) is 14.6. The van der Waals surface area contributed by atoms with Crippen LogP contribution < -0.4 is 0 Å². The molecular formula is C41H62N4O6. The number of imidazole rings is 1. The fraction of sp³-hybridized carbons (Fsp3) is 0.878. The van der Waals surface area contributed by atoms with Crippen LogP contribution in [-0.2, 0) is 27.3 Å². The van der Waals surface area contributed by atoms with Crippen molar-refractivity contribution in [2.24, 2.45) is 56.7 Å². The van der Waals surface area contributed by atoms with Gasteiger partial charge in [-0.3, -0.25) is 4.90 Å². The Morgan fingerprint density at radius 3 is 2.43 bits per heavy atom.